The van der Waals surface area contributed by atoms with E-state index in [4.69, 9.17) is 5.11 Å². The smallest absolute Gasteiger partial charge is 0.333 e. The van der Waals surface area contributed by atoms with Crippen LogP contribution >= 0.6 is 0 Å². The van der Waals surface area contributed by atoms with Gasteiger partial charge >= 0.3 is 5.97 Å². The predicted octanol–water partition coefficient (Wildman–Crippen LogP) is 1.37. The lowest BCUT2D eigenvalue weighted by Crippen LogP contribution is -2.47. The zero-order valence-electron chi connectivity index (χ0n) is 18.2. The molecule has 10 nitrogen and oxygen atoms in total. The fourth-order valence-electron chi connectivity index (χ4n) is 3.02. The minimum absolute atomic E-state index is 0.0292. The second-order valence-electron chi connectivity index (χ2n) is 7.54. The van der Waals surface area contributed by atoms with Crippen molar-refractivity contribution in [2.75, 3.05) is 20.6 Å². The van der Waals surface area contributed by atoms with Crippen LogP contribution < -0.4 is 5.43 Å². The second kappa shape index (κ2) is 10.5. The van der Waals surface area contributed by atoms with Crippen molar-refractivity contribution in [1.82, 2.24) is 25.5 Å². The fourth-order valence-corrected chi connectivity index (χ4v) is 3.02. The molecule has 1 heterocycles. The molecule has 2 aromatic carbocycles. The maximum Gasteiger partial charge on any atom is 0.333 e. The molecule has 0 bridgehead atoms. The molecule has 10 heteroatoms. The van der Waals surface area contributed by atoms with E-state index in [0.29, 0.717) is 0 Å². The zero-order chi connectivity index (χ0) is 24.0. The van der Waals surface area contributed by atoms with Crippen molar-refractivity contribution in [3.63, 3.8) is 0 Å². The molecule has 1 unspecified atom stereocenters. The Bertz CT molecular complexity index is 1110. The number of hydrogen-bond donors (Lipinski definition) is 4. The van der Waals surface area contributed by atoms with Gasteiger partial charge in [0.2, 0.25) is 0 Å². The monoisotopic (exact) mass is 451 g/mol. The van der Waals surface area contributed by atoms with E-state index in [9.17, 15) is 19.5 Å². The van der Waals surface area contributed by atoms with E-state index in [1.54, 1.807) is 14.1 Å². The molecule has 1 atom stereocenters. The summed E-state index contributed by atoms with van der Waals surface area (Å²) in [6, 6.07) is 18.7. The summed E-state index contributed by atoms with van der Waals surface area (Å²) in [6.07, 6.45) is -1.70. The first-order valence-corrected chi connectivity index (χ1v) is 10.1. The molecule has 1 aromatic heterocycles. The van der Waals surface area contributed by atoms with Crippen molar-refractivity contribution in [3.05, 3.63) is 77.6 Å². The number of aliphatic hydroxyl groups excluding tert-OH is 1. The topological polar surface area (TPSA) is 139 Å². The number of carboxylic acids is 1. The first-order valence-electron chi connectivity index (χ1n) is 10.1. The van der Waals surface area contributed by atoms with E-state index in [1.165, 1.54) is 11.0 Å². The minimum atomic E-state index is -1.70. The van der Waals surface area contributed by atoms with Crippen molar-refractivity contribution in [3.8, 4) is 11.1 Å². The molecule has 3 aromatic rings. The molecule has 2 amide bonds. The molecular weight excluding hydrogens is 426 g/mol. The number of aromatic amines is 1. The number of nitrogens with zero attached hydrogens (tertiary/aromatic N) is 3. The van der Waals surface area contributed by atoms with E-state index in [-0.39, 0.29) is 23.8 Å². The van der Waals surface area contributed by atoms with Crippen LogP contribution in [0.3, 0.4) is 0 Å². The predicted molar refractivity (Wildman–Crippen MR) is 120 cm³/mol. The van der Waals surface area contributed by atoms with Gasteiger partial charge in [0.05, 0.1) is 13.1 Å². The number of H-pyrrole nitrogens is 1. The molecule has 172 valence electrons. The van der Waals surface area contributed by atoms with Crippen molar-refractivity contribution in [2.45, 2.75) is 12.6 Å². The number of carboxylic acid groups (broad SMARTS) is 1. The highest BCUT2D eigenvalue weighted by molar-refractivity contribution is 5.97. The number of aliphatic carboxylic acids is 1. The molecule has 33 heavy (non-hydrogen) atoms. The quantitative estimate of drug-likeness (QED) is 0.360. The van der Waals surface area contributed by atoms with Gasteiger partial charge < -0.3 is 15.1 Å². The summed E-state index contributed by atoms with van der Waals surface area (Å²) in [5.41, 5.74) is 5.59. The van der Waals surface area contributed by atoms with Crippen LogP contribution in [0.2, 0.25) is 0 Å². The van der Waals surface area contributed by atoms with Gasteiger partial charge in [-0.15, -0.1) is 0 Å². The average Bonchev–Trinajstić information content (AvgIpc) is 3.31. The highest BCUT2D eigenvalue weighted by atomic mass is 16.4. The second-order valence-corrected chi connectivity index (χ2v) is 7.54. The van der Waals surface area contributed by atoms with Crippen molar-refractivity contribution < 1.29 is 24.6 Å². The van der Waals surface area contributed by atoms with E-state index < -0.39 is 24.5 Å². The molecule has 3 rings (SSSR count). The maximum absolute atomic E-state index is 13.1. The molecule has 0 aliphatic carbocycles. The number of hydrogen-bond acceptors (Lipinski definition) is 6. The molecule has 0 saturated carbocycles. The normalized spacial score (nSPS) is 11.6. The van der Waals surface area contributed by atoms with Crippen molar-refractivity contribution in [2.24, 2.45) is 0 Å². The van der Waals surface area contributed by atoms with Gasteiger partial charge in [0, 0.05) is 20.2 Å². The summed E-state index contributed by atoms with van der Waals surface area (Å²) in [7, 11) is 3.15. The number of benzene rings is 2. The van der Waals surface area contributed by atoms with Crippen molar-refractivity contribution in [1.29, 1.82) is 0 Å². The first kappa shape index (κ1) is 23.6. The van der Waals surface area contributed by atoms with Crippen LogP contribution in [0.15, 0.2) is 60.7 Å². The first-order chi connectivity index (χ1) is 15.8. The van der Waals surface area contributed by atoms with Crippen molar-refractivity contribution >= 4 is 17.8 Å². The van der Waals surface area contributed by atoms with Crippen LogP contribution in [0.25, 0.3) is 11.1 Å². The largest absolute Gasteiger partial charge is 0.479 e. The summed E-state index contributed by atoms with van der Waals surface area (Å²) < 4.78 is 0. The van der Waals surface area contributed by atoms with E-state index in [2.05, 4.69) is 15.6 Å². The number of amides is 2. The molecule has 0 aliphatic rings. The third-order valence-corrected chi connectivity index (χ3v) is 4.84. The molecule has 0 fully saturated rings. The van der Waals surface area contributed by atoms with Crippen LogP contribution in [0.1, 0.15) is 26.5 Å². The molecule has 0 aliphatic heterocycles. The van der Waals surface area contributed by atoms with Gasteiger partial charge in [-0.2, -0.15) is 5.10 Å². The molecule has 0 spiro atoms. The van der Waals surface area contributed by atoms with Crippen LogP contribution in [0, 0.1) is 0 Å². The lowest BCUT2D eigenvalue weighted by molar-refractivity contribution is -0.146. The number of aliphatic hydroxyl groups is 1. The van der Waals surface area contributed by atoms with Gasteiger partial charge in [-0.25, -0.2) is 10.2 Å². The van der Waals surface area contributed by atoms with E-state index in [0.717, 1.165) is 21.7 Å². The van der Waals surface area contributed by atoms with E-state index >= 15 is 0 Å². The molecular formula is C23H25N5O5. The molecule has 0 radical (unpaired) electrons. The summed E-state index contributed by atoms with van der Waals surface area (Å²) in [5.74, 6) is -2.35. The van der Waals surface area contributed by atoms with Gasteiger partial charge in [-0.3, -0.25) is 19.7 Å². The zero-order valence-corrected chi connectivity index (χ0v) is 18.2. The van der Waals surface area contributed by atoms with Gasteiger partial charge in [-0.05, 0) is 16.7 Å². The maximum atomic E-state index is 13.1. The van der Waals surface area contributed by atoms with Gasteiger partial charge in [-0.1, -0.05) is 54.6 Å². The summed E-state index contributed by atoms with van der Waals surface area (Å²) in [4.78, 5) is 37.5. The Balaban J connectivity index is 1.79. The Hall–Kier alpha value is -4.02. The molecule has 0 saturated heterocycles. The lowest BCUT2D eigenvalue weighted by Gasteiger charge is -2.23. The standard InChI is InChI=1S/C23H25N5O5/c1-27(2)21(30)18-12-19(26-25-18)22(31)28(24-13-20(29)23(32)33)14-15-8-10-17(11-9-15)16-6-4-3-5-7-16/h3-12,20,24,29H,13-14H2,1-2H3,(H,25,26)(H,32,33). The number of hydrazine groups is 1. The number of rotatable bonds is 9. The SMILES string of the molecule is CN(C)C(=O)c1cc(C(=O)N(Cc2ccc(-c3ccccc3)cc2)NCC(O)C(=O)O)n[nH]1. The van der Waals surface area contributed by atoms with Crippen LogP contribution in [-0.4, -0.2) is 74.8 Å². The number of carbonyl (C=O) groups excluding carboxylic acids is 2. The number of carbonyl (C=O) groups is 3. The van der Waals surface area contributed by atoms with Crippen LogP contribution in [0.5, 0.6) is 0 Å². The van der Waals surface area contributed by atoms with Gasteiger partial charge in [0.15, 0.2) is 11.8 Å². The number of aromatic nitrogens is 2. The lowest BCUT2D eigenvalue weighted by atomic mass is 10.0. The Labute approximate surface area is 190 Å². The highest BCUT2D eigenvalue weighted by Crippen LogP contribution is 2.20. The van der Waals surface area contributed by atoms with E-state index in [1.807, 2.05) is 54.6 Å². The molecule has 4 N–H and O–H groups in total. The fraction of sp³-hybridized carbons (Fsp3) is 0.217. The van der Waals surface area contributed by atoms with Gasteiger partial charge in [0.1, 0.15) is 5.69 Å². The Morgan fingerprint density at radius 2 is 1.64 bits per heavy atom. The Kier molecular flexibility index (Phi) is 7.54. The number of nitrogens with one attached hydrogen (secondary N) is 2. The summed E-state index contributed by atoms with van der Waals surface area (Å²) in [6.45, 7) is -0.318. The minimum Gasteiger partial charge on any atom is -0.479 e. The third kappa shape index (κ3) is 6.03. The van der Waals surface area contributed by atoms with Crippen LogP contribution in [0.4, 0.5) is 0 Å². The summed E-state index contributed by atoms with van der Waals surface area (Å²) >= 11 is 0. The Morgan fingerprint density at radius 1 is 1.00 bits per heavy atom. The van der Waals surface area contributed by atoms with Gasteiger partial charge in [0.25, 0.3) is 11.8 Å². The Morgan fingerprint density at radius 3 is 2.24 bits per heavy atom. The highest BCUT2D eigenvalue weighted by Gasteiger charge is 2.23. The van der Waals surface area contributed by atoms with Crippen LogP contribution in [-0.2, 0) is 11.3 Å². The summed E-state index contributed by atoms with van der Waals surface area (Å²) in [5, 5.41) is 26.2. The average molecular weight is 451 g/mol. The third-order valence-electron chi connectivity index (χ3n) is 4.84.